The summed E-state index contributed by atoms with van der Waals surface area (Å²) in [7, 11) is -2.82. The Labute approximate surface area is 235 Å². The van der Waals surface area contributed by atoms with Gasteiger partial charge in [0, 0.05) is 17.6 Å². The van der Waals surface area contributed by atoms with Crippen LogP contribution < -0.4 is 14.4 Å². The van der Waals surface area contributed by atoms with Gasteiger partial charge >= 0.3 is 0 Å². The highest BCUT2D eigenvalue weighted by Gasteiger charge is 2.35. The van der Waals surface area contributed by atoms with Crippen molar-refractivity contribution in [3.05, 3.63) is 89.4 Å². The molecule has 10 heteroatoms. The van der Waals surface area contributed by atoms with E-state index in [1.165, 1.54) is 30.2 Å². The zero-order valence-corrected chi connectivity index (χ0v) is 24.1. The van der Waals surface area contributed by atoms with E-state index in [1.807, 2.05) is 51.1 Å². The number of anilines is 1. The molecule has 0 aliphatic rings. The van der Waals surface area contributed by atoms with Crippen LogP contribution in [0.3, 0.4) is 0 Å². The maximum Gasteiger partial charge on any atom is 0.264 e. The maximum atomic E-state index is 14.1. The van der Waals surface area contributed by atoms with E-state index in [0.717, 1.165) is 9.87 Å². The molecule has 0 aromatic heterocycles. The van der Waals surface area contributed by atoms with Gasteiger partial charge in [-0.05, 0) is 56.2 Å². The zero-order chi connectivity index (χ0) is 28.6. The third-order valence-electron chi connectivity index (χ3n) is 6.03. The normalized spacial score (nSPS) is 12.1. The number of nitrogens with zero attached hydrogens (tertiary/aromatic N) is 2. The van der Waals surface area contributed by atoms with E-state index in [0.29, 0.717) is 6.42 Å². The number of carbonyl (C=O) groups is 2. The summed E-state index contributed by atoms with van der Waals surface area (Å²) in [5, 5.41) is 3.15. The van der Waals surface area contributed by atoms with Gasteiger partial charge in [0.05, 0.1) is 17.7 Å². The Morgan fingerprint density at radius 3 is 2.15 bits per heavy atom. The van der Waals surface area contributed by atoms with Crippen LogP contribution in [0, 0.1) is 0 Å². The van der Waals surface area contributed by atoms with Crippen LogP contribution in [0.5, 0.6) is 5.75 Å². The van der Waals surface area contributed by atoms with Gasteiger partial charge in [0.25, 0.3) is 10.0 Å². The topological polar surface area (TPSA) is 96.0 Å². The lowest BCUT2D eigenvalue weighted by Gasteiger charge is -2.34. The molecule has 39 heavy (non-hydrogen) atoms. The van der Waals surface area contributed by atoms with E-state index < -0.39 is 28.5 Å². The highest BCUT2D eigenvalue weighted by molar-refractivity contribution is 7.92. The Hall–Kier alpha value is -3.56. The molecule has 0 spiro atoms. The number of ether oxygens (including phenoxy) is 1. The summed E-state index contributed by atoms with van der Waals surface area (Å²) >= 11 is 6.26. The number of hydrogen-bond donors (Lipinski definition) is 1. The van der Waals surface area contributed by atoms with Crippen LogP contribution >= 0.6 is 11.6 Å². The van der Waals surface area contributed by atoms with E-state index in [-0.39, 0.29) is 39.8 Å². The lowest BCUT2D eigenvalue weighted by Crippen LogP contribution is -2.53. The van der Waals surface area contributed by atoms with Gasteiger partial charge in [0.1, 0.15) is 18.3 Å². The lowest BCUT2D eigenvalue weighted by atomic mass is 10.1. The molecule has 2 amide bonds. The molecule has 0 saturated heterocycles. The Bertz CT molecular complexity index is 1370. The van der Waals surface area contributed by atoms with Crippen molar-refractivity contribution < 1.29 is 22.7 Å². The van der Waals surface area contributed by atoms with Crippen LogP contribution in [0.15, 0.2) is 83.8 Å². The number of hydrogen-bond acceptors (Lipinski definition) is 5. The lowest BCUT2D eigenvalue weighted by molar-refractivity contribution is -0.140. The predicted molar refractivity (Wildman–Crippen MR) is 153 cm³/mol. The first-order valence-corrected chi connectivity index (χ1v) is 14.4. The molecule has 0 fully saturated rings. The van der Waals surface area contributed by atoms with Gasteiger partial charge < -0.3 is 15.0 Å². The van der Waals surface area contributed by atoms with Crippen LogP contribution in [0.25, 0.3) is 0 Å². The molecule has 0 heterocycles. The molecule has 0 radical (unpaired) electrons. The number of benzene rings is 3. The van der Waals surface area contributed by atoms with Gasteiger partial charge in [-0.3, -0.25) is 13.9 Å². The smallest absolute Gasteiger partial charge is 0.264 e. The number of halogens is 1. The number of methoxy groups -OCH3 is 1. The molecule has 8 nitrogen and oxygen atoms in total. The fourth-order valence-corrected chi connectivity index (χ4v) is 5.78. The monoisotopic (exact) mass is 571 g/mol. The van der Waals surface area contributed by atoms with Crippen molar-refractivity contribution in [1.29, 1.82) is 0 Å². The first kappa shape index (κ1) is 30.0. The average molecular weight is 572 g/mol. The first-order valence-electron chi connectivity index (χ1n) is 12.6. The minimum absolute atomic E-state index is 0.000898. The van der Waals surface area contributed by atoms with E-state index in [2.05, 4.69) is 5.32 Å². The molecule has 1 N–H and O–H groups in total. The number of amides is 2. The summed E-state index contributed by atoms with van der Waals surface area (Å²) in [4.78, 5) is 28.6. The van der Waals surface area contributed by atoms with Crippen LogP contribution in [0.1, 0.15) is 32.8 Å². The van der Waals surface area contributed by atoms with Crippen LogP contribution in [0.2, 0.25) is 5.02 Å². The van der Waals surface area contributed by atoms with Crippen LogP contribution in [-0.2, 0) is 26.2 Å². The SMILES string of the molecule is CCC(C(=O)NC(C)C)N(Cc1ccccc1)C(=O)CN(c1cc(Cl)ccc1OC)S(=O)(=O)c1ccccc1. The van der Waals surface area contributed by atoms with Crippen molar-refractivity contribution >= 4 is 39.1 Å². The molecule has 0 saturated carbocycles. The van der Waals surface area contributed by atoms with E-state index in [9.17, 15) is 18.0 Å². The molecular formula is C29H34ClN3O5S. The Kier molecular flexibility index (Phi) is 10.4. The summed E-state index contributed by atoms with van der Waals surface area (Å²) in [5.41, 5.74) is 0.918. The van der Waals surface area contributed by atoms with Gasteiger partial charge in [0.15, 0.2) is 0 Å². The van der Waals surface area contributed by atoms with E-state index >= 15 is 0 Å². The standard InChI is InChI=1S/C29H34ClN3O5S/c1-5-25(29(35)31-21(2)3)32(19-22-12-8-6-9-13-22)28(34)20-33(26-18-23(30)16-17-27(26)38-4)39(36,37)24-14-10-7-11-15-24/h6-18,21,25H,5,19-20H2,1-4H3,(H,31,35). The maximum absolute atomic E-state index is 14.1. The van der Waals surface area contributed by atoms with E-state index in [4.69, 9.17) is 16.3 Å². The predicted octanol–water partition coefficient (Wildman–Crippen LogP) is 4.88. The first-order chi connectivity index (χ1) is 18.6. The van der Waals surface area contributed by atoms with Crippen molar-refractivity contribution in [1.82, 2.24) is 10.2 Å². The zero-order valence-electron chi connectivity index (χ0n) is 22.5. The summed E-state index contributed by atoms with van der Waals surface area (Å²) in [6, 6.07) is 20.7. The molecule has 1 unspecified atom stereocenters. The molecule has 3 rings (SSSR count). The van der Waals surface area contributed by atoms with Gasteiger partial charge in [0.2, 0.25) is 11.8 Å². The average Bonchev–Trinajstić information content (AvgIpc) is 2.92. The number of rotatable bonds is 12. The number of carbonyl (C=O) groups excluding carboxylic acids is 2. The third kappa shape index (κ3) is 7.52. The highest BCUT2D eigenvalue weighted by atomic mass is 35.5. The Balaban J connectivity index is 2.11. The molecule has 0 aliphatic heterocycles. The second-order valence-corrected chi connectivity index (χ2v) is 11.5. The van der Waals surface area contributed by atoms with Gasteiger partial charge in [-0.2, -0.15) is 0 Å². The van der Waals surface area contributed by atoms with Crippen molar-refractivity contribution in [2.75, 3.05) is 18.0 Å². The summed E-state index contributed by atoms with van der Waals surface area (Å²) < 4.78 is 34.3. The van der Waals surface area contributed by atoms with Crippen molar-refractivity contribution in [3.8, 4) is 5.75 Å². The van der Waals surface area contributed by atoms with Crippen molar-refractivity contribution in [2.45, 2.75) is 50.7 Å². The van der Waals surface area contributed by atoms with Crippen molar-refractivity contribution in [2.24, 2.45) is 0 Å². The van der Waals surface area contributed by atoms with Crippen molar-refractivity contribution in [3.63, 3.8) is 0 Å². The minimum Gasteiger partial charge on any atom is -0.495 e. The molecule has 3 aromatic carbocycles. The summed E-state index contributed by atoms with van der Waals surface area (Å²) in [6.07, 6.45) is 0.336. The molecular weight excluding hydrogens is 538 g/mol. The number of sulfonamides is 1. The van der Waals surface area contributed by atoms with Gasteiger partial charge in [-0.15, -0.1) is 0 Å². The fraction of sp³-hybridized carbons (Fsp3) is 0.310. The van der Waals surface area contributed by atoms with Gasteiger partial charge in [-0.1, -0.05) is 67.1 Å². The quantitative estimate of drug-likeness (QED) is 0.334. The third-order valence-corrected chi connectivity index (χ3v) is 8.04. The highest BCUT2D eigenvalue weighted by Crippen LogP contribution is 2.35. The molecule has 3 aromatic rings. The molecule has 1 atom stereocenters. The summed E-state index contributed by atoms with van der Waals surface area (Å²) in [6.45, 7) is 5.04. The Morgan fingerprint density at radius 1 is 0.974 bits per heavy atom. The van der Waals surface area contributed by atoms with Gasteiger partial charge in [-0.25, -0.2) is 8.42 Å². The molecule has 208 valence electrons. The molecule has 0 aliphatic carbocycles. The number of nitrogens with one attached hydrogen (secondary N) is 1. The molecule has 0 bridgehead atoms. The minimum atomic E-state index is -4.23. The Morgan fingerprint density at radius 2 is 1.59 bits per heavy atom. The van der Waals surface area contributed by atoms with E-state index in [1.54, 1.807) is 30.3 Å². The fourth-order valence-electron chi connectivity index (χ4n) is 4.17. The second kappa shape index (κ2) is 13.5. The summed E-state index contributed by atoms with van der Waals surface area (Å²) in [5.74, 6) is -0.633. The second-order valence-electron chi connectivity index (χ2n) is 9.24. The largest absolute Gasteiger partial charge is 0.495 e. The van der Waals surface area contributed by atoms with Crippen LogP contribution in [0.4, 0.5) is 5.69 Å². The van der Waals surface area contributed by atoms with Crippen LogP contribution in [-0.4, -0.2) is 50.9 Å².